The van der Waals surface area contributed by atoms with Crippen LogP contribution in [0.3, 0.4) is 0 Å². The van der Waals surface area contributed by atoms with Crippen LogP contribution in [0.1, 0.15) is 0 Å². The molecule has 86 valence electrons. The number of rotatable bonds is 5. The van der Waals surface area contributed by atoms with E-state index in [-0.39, 0.29) is 28.7 Å². The van der Waals surface area contributed by atoms with E-state index in [0.29, 0.717) is 0 Å². The van der Waals surface area contributed by atoms with Crippen LogP contribution in [-0.2, 0) is 32.0 Å². The van der Waals surface area contributed by atoms with Crippen LogP contribution in [0.2, 0.25) is 0 Å². The molecule has 0 aliphatic carbocycles. The molecule has 0 aliphatic rings. The SMILES string of the molecule is O=CC(O)C(O)C(O)C(O)C(=O)[O-].[Ag+]. The number of aldehydes is 1. The van der Waals surface area contributed by atoms with Gasteiger partial charge in [0.15, 0.2) is 6.29 Å². The van der Waals surface area contributed by atoms with Crippen molar-refractivity contribution in [1.29, 1.82) is 0 Å². The first-order valence-electron chi connectivity index (χ1n) is 3.30. The van der Waals surface area contributed by atoms with Gasteiger partial charge in [-0.3, -0.25) is 0 Å². The number of carbonyl (C=O) groups is 2. The molecule has 0 rings (SSSR count). The van der Waals surface area contributed by atoms with E-state index in [4.69, 9.17) is 20.4 Å². The number of aliphatic carboxylic acids is 1. The minimum Gasteiger partial charge on any atom is -0.547 e. The van der Waals surface area contributed by atoms with Gasteiger partial charge < -0.3 is 35.1 Å². The molecule has 0 amide bonds. The fraction of sp³-hybridized carbons (Fsp3) is 0.667. The molecule has 4 unspecified atom stereocenters. The van der Waals surface area contributed by atoms with Crippen LogP contribution in [0, 0.1) is 0 Å². The summed E-state index contributed by atoms with van der Waals surface area (Å²) in [4.78, 5) is 19.8. The van der Waals surface area contributed by atoms with Gasteiger partial charge in [0, 0.05) is 0 Å². The van der Waals surface area contributed by atoms with Crippen molar-refractivity contribution in [1.82, 2.24) is 0 Å². The van der Waals surface area contributed by atoms with Crippen molar-refractivity contribution >= 4 is 12.3 Å². The summed E-state index contributed by atoms with van der Waals surface area (Å²) < 4.78 is 0. The molecule has 4 atom stereocenters. The summed E-state index contributed by atoms with van der Waals surface area (Å²) in [7, 11) is 0. The van der Waals surface area contributed by atoms with E-state index < -0.39 is 30.4 Å². The number of carboxylic acid groups (broad SMARTS) is 1. The third-order valence-electron chi connectivity index (χ3n) is 1.40. The fourth-order valence-corrected chi connectivity index (χ4v) is 0.609. The second-order valence-electron chi connectivity index (χ2n) is 2.37. The van der Waals surface area contributed by atoms with Crippen LogP contribution in [0.25, 0.3) is 0 Å². The van der Waals surface area contributed by atoms with Gasteiger partial charge >= 0.3 is 22.4 Å². The van der Waals surface area contributed by atoms with Crippen molar-refractivity contribution in [3.05, 3.63) is 0 Å². The average molecular weight is 301 g/mol. The first-order valence-corrected chi connectivity index (χ1v) is 3.30. The van der Waals surface area contributed by atoms with E-state index in [1.165, 1.54) is 0 Å². The Morgan fingerprint density at radius 2 is 1.57 bits per heavy atom. The van der Waals surface area contributed by atoms with Crippen molar-refractivity contribution < 1.29 is 57.5 Å². The molecule has 0 spiro atoms. The Hall–Kier alpha value is -0.280. The second-order valence-corrected chi connectivity index (χ2v) is 2.37. The molecule has 0 fully saturated rings. The molecule has 0 bridgehead atoms. The van der Waals surface area contributed by atoms with Crippen LogP contribution in [0.4, 0.5) is 0 Å². The number of hydrogen-bond acceptors (Lipinski definition) is 7. The summed E-state index contributed by atoms with van der Waals surface area (Å²) in [6.07, 6.45) is -8.65. The minimum atomic E-state index is -2.36. The largest absolute Gasteiger partial charge is 1.00 e. The van der Waals surface area contributed by atoms with Crippen molar-refractivity contribution in [2.24, 2.45) is 0 Å². The summed E-state index contributed by atoms with van der Waals surface area (Å²) in [5.41, 5.74) is 0. The van der Waals surface area contributed by atoms with E-state index in [0.717, 1.165) is 0 Å². The Balaban J connectivity index is 0. The van der Waals surface area contributed by atoms with Gasteiger partial charge in [0.25, 0.3) is 0 Å². The van der Waals surface area contributed by atoms with Crippen molar-refractivity contribution in [3.8, 4) is 0 Å². The predicted molar refractivity (Wildman–Crippen MR) is 35.1 cm³/mol. The van der Waals surface area contributed by atoms with Crippen molar-refractivity contribution in [2.45, 2.75) is 24.4 Å². The predicted octanol–water partition coefficient (Wildman–Crippen LogP) is -4.62. The molecule has 0 saturated carbocycles. The minimum absolute atomic E-state index is 0. The summed E-state index contributed by atoms with van der Waals surface area (Å²) in [5.74, 6) is -2.01. The van der Waals surface area contributed by atoms with Crippen LogP contribution < -0.4 is 5.11 Å². The fourth-order valence-electron chi connectivity index (χ4n) is 0.609. The topological polar surface area (TPSA) is 138 Å². The number of carboxylic acids is 1. The molecule has 4 N–H and O–H groups in total. The van der Waals surface area contributed by atoms with E-state index in [2.05, 4.69) is 0 Å². The molecule has 14 heavy (non-hydrogen) atoms. The van der Waals surface area contributed by atoms with E-state index >= 15 is 0 Å². The van der Waals surface area contributed by atoms with Crippen LogP contribution >= 0.6 is 0 Å². The summed E-state index contributed by atoms with van der Waals surface area (Å²) in [5, 5.41) is 44.8. The third-order valence-corrected chi connectivity index (χ3v) is 1.40. The van der Waals surface area contributed by atoms with Gasteiger partial charge in [0.2, 0.25) is 0 Å². The van der Waals surface area contributed by atoms with Crippen LogP contribution in [-0.4, -0.2) is 57.1 Å². The van der Waals surface area contributed by atoms with Crippen LogP contribution in [0.5, 0.6) is 0 Å². The number of carbonyl (C=O) groups excluding carboxylic acids is 2. The van der Waals surface area contributed by atoms with Gasteiger partial charge in [-0.25, -0.2) is 0 Å². The second kappa shape index (κ2) is 7.07. The summed E-state index contributed by atoms with van der Waals surface area (Å²) in [6, 6.07) is 0. The van der Waals surface area contributed by atoms with E-state index in [9.17, 15) is 14.7 Å². The maximum atomic E-state index is 9.95. The molecule has 0 radical (unpaired) electrons. The first kappa shape index (κ1) is 16.2. The van der Waals surface area contributed by atoms with Crippen LogP contribution in [0.15, 0.2) is 0 Å². The number of aliphatic hydroxyl groups is 4. The molecule has 0 aliphatic heterocycles. The Labute approximate surface area is 94.5 Å². The van der Waals surface area contributed by atoms with Gasteiger partial charge in [0.1, 0.15) is 24.4 Å². The molecule has 0 heterocycles. The van der Waals surface area contributed by atoms with Crippen molar-refractivity contribution in [2.75, 3.05) is 0 Å². The zero-order valence-corrected chi connectivity index (χ0v) is 8.18. The molecule has 0 aromatic carbocycles. The number of aliphatic hydroxyl groups excluding tert-OH is 4. The molecule has 8 heteroatoms. The Kier molecular flexibility index (Phi) is 8.16. The Bertz CT molecular complexity index is 197. The maximum absolute atomic E-state index is 9.95. The summed E-state index contributed by atoms with van der Waals surface area (Å²) >= 11 is 0. The quantitative estimate of drug-likeness (QED) is 0.296. The zero-order valence-electron chi connectivity index (χ0n) is 6.70. The standard InChI is InChI=1S/C6H10O7.Ag/c7-1-2(8)3(9)4(10)5(11)6(12)13;/h1-5,8-11H,(H,12,13);/q;+1/p-1. The average Bonchev–Trinajstić information content (AvgIpc) is 2.12. The Morgan fingerprint density at radius 1 is 1.14 bits per heavy atom. The molecule has 0 saturated heterocycles. The summed E-state index contributed by atoms with van der Waals surface area (Å²) in [6.45, 7) is 0. The molecular weight excluding hydrogens is 292 g/mol. The third kappa shape index (κ3) is 4.29. The first-order chi connectivity index (χ1) is 5.91. The molecule has 7 nitrogen and oxygen atoms in total. The molecular formula is C6H9AgO7. The van der Waals surface area contributed by atoms with E-state index in [1.807, 2.05) is 0 Å². The molecule has 0 aromatic heterocycles. The molecule has 0 aromatic rings. The maximum Gasteiger partial charge on any atom is 1.00 e. The number of hydrogen-bond donors (Lipinski definition) is 4. The van der Waals surface area contributed by atoms with Gasteiger partial charge in [-0.2, -0.15) is 0 Å². The van der Waals surface area contributed by atoms with Gasteiger partial charge in [-0.05, 0) is 0 Å². The van der Waals surface area contributed by atoms with Gasteiger partial charge in [-0.15, -0.1) is 0 Å². The zero-order chi connectivity index (χ0) is 10.6. The monoisotopic (exact) mass is 300 g/mol. The normalized spacial score (nSPS) is 18.6. The van der Waals surface area contributed by atoms with E-state index in [1.54, 1.807) is 0 Å². The van der Waals surface area contributed by atoms with Crippen molar-refractivity contribution in [3.63, 3.8) is 0 Å². The van der Waals surface area contributed by atoms with Gasteiger partial charge in [0.05, 0.1) is 5.97 Å². The van der Waals surface area contributed by atoms with Gasteiger partial charge in [-0.1, -0.05) is 0 Å². The Morgan fingerprint density at radius 3 is 1.86 bits per heavy atom. The smallest absolute Gasteiger partial charge is 0.547 e.